The topological polar surface area (TPSA) is 75.1 Å². The van der Waals surface area contributed by atoms with Crippen molar-refractivity contribution in [3.05, 3.63) is 57.7 Å². The summed E-state index contributed by atoms with van der Waals surface area (Å²) < 4.78 is 20.9. The summed E-state index contributed by atoms with van der Waals surface area (Å²) in [5.41, 5.74) is 1.36. The highest BCUT2D eigenvalue weighted by molar-refractivity contribution is 5.46. The molecule has 2 aromatic heterocycles. The fourth-order valence-corrected chi connectivity index (χ4v) is 2.06. The molecule has 0 unspecified atom stereocenters. The molecule has 0 amide bonds. The Morgan fingerprint density at radius 2 is 2.30 bits per heavy atom. The minimum Gasteiger partial charge on any atom is -0.488 e. The van der Waals surface area contributed by atoms with Crippen molar-refractivity contribution < 1.29 is 10.5 Å². The second kappa shape index (κ2) is 5.85. The number of hydrogen-bond donors (Lipinski definition) is 0. The van der Waals surface area contributed by atoms with Gasteiger partial charge in [0.15, 0.2) is 0 Å². The van der Waals surface area contributed by atoms with Gasteiger partial charge >= 0.3 is 5.69 Å². The monoisotopic (exact) mass is 312 g/mol. The lowest BCUT2D eigenvalue weighted by molar-refractivity contribution is 0.301. The third kappa shape index (κ3) is 2.62. The molecule has 0 bridgehead atoms. The van der Waals surface area contributed by atoms with Gasteiger partial charge in [-0.2, -0.15) is 4.68 Å². The summed E-state index contributed by atoms with van der Waals surface area (Å²) >= 11 is 0. The van der Waals surface area contributed by atoms with E-state index in [0.717, 1.165) is 14.9 Å². The molecule has 0 saturated carbocycles. The predicted molar refractivity (Wildman–Crippen MR) is 82.3 cm³/mol. The van der Waals surface area contributed by atoms with Crippen LogP contribution in [0.25, 0.3) is 5.88 Å². The zero-order valence-electron chi connectivity index (χ0n) is 13.6. The smallest absolute Gasteiger partial charge is 0.370 e. The van der Waals surface area contributed by atoms with Gasteiger partial charge in [-0.1, -0.05) is 24.1 Å². The Bertz CT molecular complexity index is 994. The van der Waals surface area contributed by atoms with Crippen LogP contribution in [0, 0.1) is 19.3 Å². The lowest BCUT2D eigenvalue weighted by Gasteiger charge is -2.09. The molecule has 0 radical (unpaired) electrons. The van der Waals surface area contributed by atoms with Crippen LogP contribution >= 0.6 is 0 Å². The van der Waals surface area contributed by atoms with Gasteiger partial charge in [0, 0.05) is 7.05 Å². The maximum absolute atomic E-state index is 12.0. The van der Waals surface area contributed by atoms with Crippen LogP contribution in [0.15, 0.2) is 39.7 Å². The molecule has 0 atom stereocenters. The van der Waals surface area contributed by atoms with Crippen LogP contribution in [0.4, 0.5) is 0 Å². The summed E-state index contributed by atoms with van der Waals surface area (Å²) in [6.07, 6.45) is 6.86. The standard InChI is InChI=1S/C16H14N4O3/c1-4-12-9-23-15(20-16(21)19(3)17-18-20)13(12)10-22-14-8-6-5-7-11(14)2/h1,5-9H,10H2,2-3H3/i5T. The van der Waals surface area contributed by atoms with Gasteiger partial charge in [-0.3, -0.25) is 0 Å². The average Bonchev–Trinajstić information content (AvgIpc) is 3.10. The Morgan fingerprint density at radius 3 is 2.96 bits per heavy atom. The largest absolute Gasteiger partial charge is 0.488 e. The van der Waals surface area contributed by atoms with Crippen LogP contribution in [0.5, 0.6) is 5.75 Å². The minimum absolute atomic E-state index is 0.0898. The summed E-state index contributed by atoms with van der Waals surface area (Å²) in [6, 6.07) is 5.44. The maximum Gasteiger partial charge on any atom is 0.370 e. The fourth-order valence-electron chi connectivity index (χ4n) is 2.06. The Kier molecular flexibility index (Phi) is 3.41. The number of para-hydroxylation sites is 1. The summed E-state index contributed by atoms with van der Waals surface area (Å²) in [6.45, 7) is 1.94. The molecular weight excluding hydrogens is 296 g/mol. The molecule has 0 fully saturated rings. The molecule has 3 rings (SSSR count). The van der Waals surface area contributed by atoms with Crippen molar-refractivity contribution in [3.63, 3.8) is 0 Å². The molecule has 3 aromatic rings. The maximum atomic E-state index is 12.0. The lowest BCUT2D eigenvalue weighted by Crippen LogP contribution is -2.22. The van der Waals surface area contributed by atoms with Crippen LogP contribution in [-0.4, -0.2) is 19.8 Å². The van der Waals surface area contributed by atoms with E-state index in [2.05, 4.69) is 16.3 Å². The van der Waals surface area contributed by atoms with E-state index in [1.54, 1.807) is 18.2 Å². The van der Waals surface area contributed by atoms with Crippen molar-refractivity contribution in [1.82, 2.24) is 19.8 Å². The molecule has 0 aliphatic heterocycles. The van der Waals surface area contributed by atoms with Crippen LogP contribution < -0.4 is 10.4 Å². The van der Waals surface area contributed by atoms with Gasteiger partial charge in [-0.05, 0) is 29.0 Å². The Hall–Kier alpha value is -3.27. The number of rotatable bonds is 4. The van der Waals surface area contributed by atoms with Crippen LogP contribution in [0.1, 0.15) is 18.1 Å². The highest BCUT2D eigenvalue weighted by Crippen LogP contribution is 2.23. The Morgan fingerprint density at radius 1 is 1.48 bits per heavy atom. The number of furan rings is 1. The molecule has 116 valence electrons. The van der Waals surface area contributed by atoms with Gasteiger partial charge in [0.2, 0.25) is 5.88 Å². The number of aryl methyl sites for hydroxylation is 2. The normalized spacial score (nSPS) is 11.1. The van der Waals surface area contributed by atoms with Crippen molar-refractivity contribution in [3.8, 4) is 24.0 Å². The van der Waals surface area contributed by atoms with Crippen LogP contribution in [0.3, 0.4) is 0 Å². The van der Waals surface area contributed by atoms with Crippen molar-refractivity contribution in [2.45, 2.75) is 13.5 Å². The molecule has 0 saturated heterocycles. The molecule has 0 spiro atoms. The SMILES string of the molecule is [3H]c1ccc(OCc2c(C#C)coc2-n2nnn(C)c2=O)c(C)c1. The molecule has 1 aromatic carbocycles. The number of tetrazole rings is 1. The van der Waals surface area contributed by atoms with E-state index in [1.165, 1.54) is 13.3 Å². The van der Waals surface area contributed by atoms with Gasteiger partial charge in [0.1, 0.15) is 18.6 Å². The number of terminal acetylenes is 1. The van der Waals surface area contributed by atoms with E-state index in [9.17, 15) is 4.79 Å². The number of hydrogen-bond acceptors (Lipinski definition) is 5. The van der Waals surface area contributed by atoms with E-state index in [1.807, 2.05) is 6.92 Å². The first-order chi connectivity index (χ1) is 11.5. The van der Waals surface area contributed by atoms with Gasteiger partial charge in [0.25, 0.3) is 0 Å². The van der Waals surface area contributed by atoms with E-state index < -0.39 is 5.69 Å². The molecule has 7 heteroatoms. The molecule has 0 aliphatic carbocycles. The molecular formula is C16H14N4O3. The molecule has 0 N–H and O–H groups in total. The third-order valence-electron chi connectivity index (χ3n) is 3.33. The van der Waals surface area contributed by atoms with Crippen molar-refractivity contribution in [2.24, 2.45) is 7.05 Å². The third-order valence-corrected chi connectivity index (χ3v) is 3.33. The summed E-state index contributed by atoms with van der Waals surface area (Å²) in [5.74, 6) is 3.29. The van der Waals surface area contributed by atoms with E-state index in [0.29, 0.717) is 22.9 Å². The first kappa shape index (κ1) is 13.4. The van der Waals surface area contributed by atoms with Crippen molar-refractivity contribution in [1.29, 1.82) is 0 Å². The van der Waals surface area contributed by atoms with E-state index >= 15 is 0 Å². The zero-order chi connectivity index (χ0) is 17.3. The highest BCUT2D eigenvalue weighted by Gasteiger charge is 2.19. The zero-order valence-corrected chi connectivity index (χ0v) is 12.6. The Labute approximate surface area is 133 Å². The molecule has 0 aliphatic rings. The number of nitrogens with zero attached hydrogens (tertiary/aromatic N) is 4. The Balaban J connectivity index is 1.96. The quantitative estimate of drug-likeness (QED) is 0.681. The van der Waals surface area contributed by atoms with Crippen LogP contribution in [-0.2, 0) is 13.7 Å². The second-order valence-electron chi connectivity index (χ2n) is 4.85. The van der Waals surface area contributed by atoms with Crippen molar-refractivity contribution >= 4 is 0 Å². The summed E-state index contributed by atoms with van der Waals surface area (Å²) in [5, 5.41) is 7.41. The lowest BCUT2D eigenvalue weighted by atomic mass is 10.2. The summed E-state index contributed by atoms with van der Waals surface area (Å²) in [7, 11) is 1.48. The van der Waals surface area contributed by atoms with Gasteiger partial charge in [0.05, 0.1) is 12.5 Å². The minimum atomic E-state index is -0.455. The van der Waals surface area contributed by atoms with Crippen LogP contribution in [0.2, 0.25) is 0 Å². The van der Waals surface area contributed by atoms with Gasteiger partial charge in [-0.15, -0.1) is 11.1 Å². The highest BCUT2D eigenvalue weighted by atomic mass is 16.5. The number of aromatic nitrogens is 4. The van der Waals surface area contributed by atoms with E-state index in [-0.39, 0.29) is 12.5 Å². The first-order valence-electron chi connectivity index (χ1n) is 7.27. The first-order valence-corrected chi connectivity index (χ1v) is 6.77. The van der Waals surface area contributed by atoms with Crippen molar-refractivity contribution in [2.75, 3.05) is 0 Å². The number of benzene rings is 1. The molecule has 7 nitrogen and oxygen atoms in total. The fraction of sp³-hybridized carbons (Fsp3) is 0.188. The number of ether oxygens (including phenoxy) is 1. The van der Waals surface area contributed by atoms with Gasteiger partial charge < -0.3 is 9.15 Å². The predicted octanol–water partition coefficient (Wildman–Crippen LogP) is 1.43. The van der Waals surface area contributed by atoms with Gasteiger partial charge in [-0.25, -0.2) is 4.79 Å². The molecule has 23 heavy (non-hydrogen) atoms. The second-order valence-corrected chi connectivity index (χ2v) is 4.85. The molecule has 2 heterocycles. The summed E-state index contributed by atoms with van der Waals surface area (Å²) in [4.78, 5) is 12.0. The average molecular weight is 312 g/mol. The van der Waals surface area contributed by atoms with E-state index in [4.69, 9.17) is 16.9 Å².